The molecular formula is C17H20N4O. The van der Waals surface area contributed by atoms with Gasteiger partial charge < -0.3 is 10.6 Å². The first kappa shape index (κ1) is 14.5. The summed E-state index contributed by atoms with van der Waals surface area (Å²) in [6.07, 6.45) is 4.69. The summed E-state index contributed by atoms with van der Waals surface area (Å²) in [7, 11) is 0. The highest BCUT2D eigenvalue weighted by Gasteiger charge is 2.23. The molecule has 5 nitrogen and oxygen atoms in total. The van der Waals surface area contributed by atoms with Gasteiger partial charge in [-0.15, -0.1) is 0 Å². The zero-order valence-electron chi connectivity index (χ0n) is 12.7. The van der Waals surface area contributed by atoms with Gasteiger partial charge in [0.2, 0.25) is 5.95 Å². The SMILES string of the molecule is CCCc1ccc(C(=O)N2CCc3cnc(N)nc3C2)cc1. The average molecular weight is 296 g/mol. The fourth-order valence-corrected chi connectivity index (χ4v) is 2.78. The van der Waals surface area contributed by atoms with Crippen LogP contribution in [0.1, 0.15) is 40.5 Å². The fourth-order valence-electron chi connectivity index (χ4n) is 2.78. The van der Waals surface area contributed by atoms with Crippen LogP contribution in [-0.4, -0.2) is 27.3 Å². The predicted molar refractivity (Wildman–Crippen MR) is 85.3 cm³/mol. The molecule has 2 heterocycles. The van der Waals surface area contributed by atoms with Gasteiger partial charge in [-0.2, -0.15) is 0 Å². The van der Waals surface area contributed by atoms with Gasteiger partial charge in [0.1, 0.15) is 0 Å². The number of aromatic nitrogens is 2. The number of nitrogens with zero attached hydrogens (tertiary/aromatic N) is 3. The van der Waals surface area contributed by atoms with Gasteiger partial charge >= 0.3 is 0 Å². The smallest absolute Gasteiger partial charge is 0.254 e. The van der Waals surface area contributed by atoms with E-state index in [1.165, 1.54) is 5.56 Å². The maximum atomic E-state index is 12.6. The number of amides is 1. The molecule has 1 aromatic heterocycles. The number of nitrogen functional groups attached to an aromatic ring is 1. The van der Waals surface area contributed by atoms with Crippen molar-refractivity contribution in [3.05, 3.63) is 52.8 Å². The number of hydrogen-bond acceptors (Lipinski definition) is 4. The summed E-state index contributed by atoms with van der Waals surface area (Å²) in [5, 5.41) is 0. The highest BCUT2D eigenvalue weighted by Crippen LogP contribution is 2.19. The van der Waals surface area contributed by atoms with Crippen molar-refractivity contribution < 1.29 is 4.79 Å². The van der Waals surface area contributed by atoms with Gasteiger partial charge in [-0.25, -0.2) is 9.97 Å². The van der Waals surface area contributed by atoms with Crippen molar-refractivity contribution >= 4 is 11.9 Å². The van der Waals surface area contributed by atoms with Gasteiger partial charge in [0.15, 0.2) is 0 Å². The second-order valence-corrected chi connectivity index (χ2v) is 5.62. The van der Waals surface area contributed by atoms with Gasteiger partial charge in [0.05, 0.1) is 12.2 Å². The Morgan fingerprint density at radius 2 is 2.09 bits per heavy atom. The molecule has 1 aliphatic heterocycles. The standard InChI is InChI=1S/C17H20N4O/c1-2-3-12-4-6-13(7-5-12)16(22)21-9-8-14-10-19-17(18)20-15(14)11-21/h4-7,10H,2-3,8-9,11H2,1H3,(H2,18,19,20). The first-order valence-corrected chi connectivity index (χ1v) is 7.66. The number of nitrogens with two attached hydrogens (primary N) is 1. The maximum absolute atomic E-state index is 12.6. The second-order valence-electron chi connectivity index (χ2n) is 5.62. The average Bonchev–Trinajstić information content (AvgIpc) is 2.54. The summed E-state index contributed by atoms with van der Waals surface area (Å²) >= 11 is 0. The quantitative estimate of drug-likeness (QED) is 0.942. The predicted octanol–water partition coefficient (Wildman–Crippen LogP) is 2.21. The van der Waals surface area contributed by atoms with E-state index in [9.17, 15) is 4.79 Å². The number of anilines is 1. The van der Waals surface area contributed by atoms with E-state index in [0.717, 1.165) is 36.1 Å². The van der Waals surface area contributed by atoms with Crippen LogP contribution in [0.2, 0.25) is 0 Å². The Bertz CT molecular complexity index is 682. The Balaban J connectivity index is 1.75. The number of carbonyl (C=O) groups excluding carboxylic acids is 1. The molecule has 0 unspecified atom stereocenters. The molecule has 0 radical (unpaired) electrons. The van der Waals surface area contributed by atoms with E-state index in [-0.39, 0.29) is 11.9 Å². The van der Waals surface area contributed by atoms with E-state index < -0.39 is 0 Å². The van der Waals surface area contributed by atoms with Crippen molar-refractivity contribution in [2.24, 2.45) is 0 Å². The Hall–Kier alpha value is -2.43. The minimum Gasteiger partial charge on any atom is -0.368 e. The Kier molecular flexibility index (Phi) is 4.04. The zero-order valence-corrected chi connectivity index (χ0v) is 12.7. The molecular weight excluding hydrogens is 276 g/mol. The second kappa shape index (κ2) is 6.13. The Labute approximate surface area is 130 Å². The molecule has 0 aliphatic carbocycles. The molecule has 1 aromatic carbocycles. The van der Waals surface area contributed by atoms with Crippen molar-refractivity contribution in [2.45, 2.75) is 32.7 Å². The van der Waals surface area contributed by atoms with Crippen LogP contribution < -0.4 is 5.73 Å². The van der Waals surface area contributed by atoms with Crippen LogP contribution in [0.5, 0.6) is 0 Å². The van der Waals surface area contributed by atoms with E-state index >= 15 is 0 Å². The van der Waals surface area contributed by atoms with Crippen molar-refractivity contribution in [3.63, 3.8) is 0 Å². The summed E-state index contributed by atoms with van der Waals surface area (Å²) in [5.41, 5.74) is 9.56. The van der Waals surface area contributed by atoms with Crippen molar-refractivity contribution in [2.75, 3.05) is 12.3 Å². The van der Waals surface area contributed by atoms with Gasteiger partial charge in [0, 0.05) is 18.3 Å². The number of hydrogen-bond donors (Lipinski definition) is 1. The summed E-state index contributed by atoms with van der Waals surface area (Å²) < 4.78 is 0. The summed E-state index contributed by atoms with van der Waals surface area (Å²) in [6.45, 7) is 3.34. The third-order valence-electron chi connectivity index (χ3n) is 3.99. The fraction of sp³-hybridized carbons (Fsp3) is 0.353. The topological polar surface area (TPSA) is 72.1 Å². The van der Waals surface area contributed by atoms with E-state index in [0.29, 0.717) is 13.1 Å². The molecule has 0 spiro atoms. The zero-order chi connectivity index (χ0) is 15.5. The van der Waals surface area contributed by atoms with Crippen molar-refractivity contribution in [1.29, 1.82) is 0 Å². The van der Waals surface area contributed by atoms with Crippen LogP contribution in [-0.2, 0) is 19.4 Å². The molecule has 0 saturated heterocycles. The van der Waals surface area contributed by atoms with E-state index in [2.05, 4.69) is 16.9 Å². The van der Waals surface area contributed by atoms with Gasteiger partial charge in [-0.05, 0) is 36.1 Å². The number of aryl methyl sites for hydroxylation is 1. The molecule has 5 heteroatoms. The first-order chi connectivity index (χ1) is 10.7. The summed E-state index contributed by atoms with van der Waals surface area (Å²) in [5.74, 6) is 0.308. The molecule has 3 rings (SSSR count). The lowest BCUT2D eigenvalue weighted by molar-refractivity contribution is 0.0731. The number of benzene rings is 1. The molecule has 22 heavy (non-hydrogen) atoms. The molecule has 0 atom stereocenters. The lowest BCUT2D eigenvalue weighted by atomic mass is 10.0. The largest absolute Gasteiger partial charge is 0.368 e. The van der Waals surface area contributed by atoms with Crippen molar-refractivity contribution in [1.82, 2.24) is 14.9 Å². The third kappa shape index (κ3) is 2.93. The van der Waals surface area contributed by atoms with Crippen LogP contribution in [0.25, 0.3) is 0 Å². The lowest BCUT2D eigenvalue weighted by Gasteiger charge is -2.28. The van der Waals surface area contributed by atoms with Crippen LogP contribution in [0.15, 0.2) is 30.5 Å². The van der Waals surface area contributed by atoms with Crippen LogP contribution in [0.3, 0.4) is 0 Å². The molecule has 0 saturated carbocycles. The van der Waals surface area contributed by atoms with E-state index in [1.54, 1.807) is 6.20 Å². The van der Waals surface area contributed by atoms with E-state index in [4.69, 9.17) is 5.73 Å². The molecule has 1 aliphatic rings. The number of rotatable bonds is 3. The highest BCUT2D eigenvalue weighted by molar-refractivity contribution is 5.94. The molecule has 2 N–H and O–H groups in total. The van der Waals surface area contributed by atoms with Gasteiger partial charge in [-0.1, -0.05) is 25.5 Å². The number of fused-ring (bicyclic) bond motifs is 1. The van der Waals surface area contributed by atoms with Gasteiger partial charge in [-0.3, -0.25) is 4.79 Å². The van der Waals surface area contributed by atoms with Gasteiger partial charge in [0.25, 0.3) is 5.91 Å². The molecule has 2 aromatic rings. The van der Waals surface area contributed by atoms with E-state index in [1.807, 2.05) is 29.2 Å². The minimum atomic E-state index is 0.0471. The van der Waals surface area contributed by atoms with Crippen LogP contribution in [0.4, 0.5) is 5.95 Å². The van der Waals surface area contributed by atoms with Crippen LogP contribution >= 0.6 is 0 Å². The summed E-state index contributed by atoms with van der Waals surface area (Å²) in [6, 6.07) is 7.90. The first-order valence-electron chi connectivity index (χ1n) is 7.66. The molecule has 0 fully saturated rings. The minimum absolute atomic E-state index is 0.0471. The van der Waals surface area contributed by atoms with Crippen LogP contribution in [0, 0.1) is 0 Å². The Morgan fingerprint density at radius 1 is 1.32 bits per heavy atom. The Morgan fingerprint density at radius 3 is 2.82 bits per heavy atom. The van der Waals surface area contributed by atoms with Crippen molar-refractivity contribution in [3.8, 4) is 0 Å². The summed E-state index contributed by atoms with van der Waals surface area (Å²) in [4.78, 5) is 22.7. The highest BCUT2D eigenvalue weighted by atomic mass is 16.2. The molecule has 1 amide bonds. The third-order valence-corrected chi connectivity index (χ3v) is 3.99. The molecule has 114 valence electrons. The molecule has 0 bridgehead atoms. The monoisotopic (exact) mass is 296 g/mol. The normalized spacial score (nSPS) is 13.8. The number of carbonyl (C=O) groups is 1. The maximum Gasteiger partial charge on any atom is 0.254 e. The lowest BCUT2D eigenvalue weighted by Crippen LogP contribution is -2.36.